The lowest BCUT2D eigenvalue weighted by Crippen LogP contribution is -2.31. The first-order chi connectivity index (χ1) is 17.9. The second-order valence-electron chi connectivity index (χ2n) is 10.5. The molecule has 3 heterocycles. The molecular formula is C28H31N7O2. The molecular weight excluding hydrogens is 466 g/mol. The zero-order valence-electron chi connectivity index (χ0n) is 21.3. The number of aromatic nitrogens is 6. The van der Waals surface area contributed by atoms with Gasteiger partial charge in [0.2, 0.25) is 5.91 Å². The number of hydrogen-bond acceptors (Lipinski definition) is 5. The van der Waals surface area contributed by atoms with Crippen molar-refractivity contribution in [1.82, 2.24) is 29.9 Å². The molecule has 0 saturated heterocycles. The predicted molar refractivity (Wildman–Crippen MR) is 141 cm³/mol. The van der Waals surface area contributed by atoms with Crippen molar-refractivity contribution in [2.24, 2.45) is 24.8 Å². The first kappa shape index (κ1) is 23.4. The average molecular weight is 498 g/mol. The van der Waals surface area contributed by atoms with Crippen molar-refractivity contribution in [1.29, 1.82) is 0 Å². The van der Waals surface area contributed by atoms with Gasteiger partial charge in [0.1, 0.15) is 11.7 Å². The number of carbonyl (C=O) groups excluding carboxylic acids is 1. The van der Waals surface area contributed by atoms with Crippen molar-refractivity contribution in [3.63, 3.8) is 0 Å². The molecule has 4 aromatic rings. The van der Waals surface area contributed by atoms with Crippen LogP contribution in [0, 0.1) is 31.6 Å². The normalized spacial score (nSPS) is 16.2. The van der Waals surface area contributed by atoms with E-state index in [0.717, 1.165) is 53.9 Å². The monoisotopic (exact) mass is 497 g/mol. The summed E-state index contributed by atoms with van der Waals surface area (Å²) in [5.74, 6) is 1.89. The molecule has 190 valence electrons. The summed E-state index contributed by atoms with van der Waals surface area (Å²) in [6, 6.07) is 11.2. The number of carbonyl (C=O) groups is 1. The number of pyridine rings is 1. The molecule has 3 N–H and O–H groups in total. The van der Waals surface area contributed by atoms with E-state index in [-0.39, 0.29) is 17.4 Å². The van der Waals surface area contributed by atoms with Gasteiger partial charge in [-0.25, -0.2) is 0 Å². The first-order valence-electron chi connectivity index (χ1n) is 12.9. The van der Waals surface area contributed by atoms with Crippen molar-refractivity contribution < 1.29 is 4.79 Å². The number of aromatic amines is 2. The summed E-state index contributed by atoms with van der Waals surface area (Å²) in [5.41, 5.74) is 5.39. The van der Waals surface area contributed by atoms with Crippen LogP contribution in [0.25, 0.3) is 22.5 Å². The van der Waals surface area contributed by atoms with E-state index in [2.05, 4.69) is 30.7 Å². The van der Waals surface area contributed by atoms with Crippen molar-refractivity contribution in [3.05, 3.63) is 70.2 Å². The Hall–Kier alpha value is -4.01. The molecule has 1 aromatic carbocycles. The van der Waals surface area contributed by atoms with Crippen LogP contribution >= 0.6 is 0 Å². The van der Waals surface area contributed by atoms with Crippen LogP contribution in [0.4, 0.5) is 5.69 Å². The van der Waals surface area contributed by atoms with Gasteiger partial charge in [0.05, 0.1) is 5.69 Å². The Kier molecular flexibility index (Phi) is 5.78. The third-order valence-electron chi connectivity index (χ3n) is 7.75. The highest BCUT2D eigenvalue weighted by molar-refractivity contribution is 5.96. The van der Waals surface area contributed by atoms with Crippen molar-refractivity contribution in [3.8, 4) is 22.5 Å². The van der Waals surface area contributed by atoms with Crippen molar-refractivity contribution in [2.45, 2.75) is 45.4 Å². The summed E-state index contributed by atoms with van der Waals surface area (Å²) in [7, 11) is 1.71. The minimum absolute atomic E-state index is 0.0705. The number of benzene rings is 1. The second-order valence-corrected chi connectivity index (χ2v) is 10.5. The first-order valence-corrected chi connectivity index (χ1v) is 12.9. The van der Waals surface area contributed by atoms with Gasteiger partial charge in [0, 0.05) is 41.8 Å². The van der Waals surface area contributed by atoms with Crippen LogP contribution in [0.5, 0.6) is 0 Å². The standard InChI is InChI=1S/C28H31N7O2/c1-15-23(16(2)32-31-15)17-8-10-21(11-9-17)29-28(37)25(24(18-4-5-18)19-6-7-19)27-30-26(33-34-27)20-12-13-35(3)22(36)14-20/h8-14,18-19,24-25H,4-7H2,1-3H3,(H,29,37)(H,31,32)(H,30,33,34). The van der Waals surface area contributed by atoms with E-state index in [1.165, 1.54) is 10.6 Å². The summed E-state index contributed by atoms with van der Waals surface area (Å²) >= 11 is 0. The molecule has 0 aliphatic heterocycles. The SMILES string of the molecule is Cc1n[nH]c(C)c1-c1ccc(NC(=O)C(c2nnc(-c3ccn(C)c(=O)c3)[nH]2)C(C2CC2)C2CC2)cc1. The third kappa shape index (κ3) is 4.61. The highest BCUT2D eigenvalue weighted by atomic mass is 16.2. The lowest BCUT2D eigenvalue weighted by molar-refractivity contribution is -0.119. The molecule has 0 bridgehead atoms. The molecule has 2 saturated carbocycles. The van der Waals surface area contributed by atoms with Crippen LogP contribution < -0.4 is 10.9 Å². The smallest absolute Gasteiger partial charge is 0.250 e. The molecule has 3 aromatic heterocycles. The number of nitrogens with one attached hydrogen (secondary N) is 3. The van der Waals surface area contributed by atoms with Crippen LogP contribution in [-0.4, -0.2) is 35.9 Å². The molecule has 1 atom stereocenters. The summed E-state index contributed by atoms with van der Waals surface area (Å²) in [6.45, 7) is 3.98. The maximum Gasteiger partial charge on any atom is 0.250 e. The Labute approximate surface area is 214 Å². The number of hydrogen-bond donors (Lipinski definition) is 3. The van der Waals surface area contributed by atoms with E-state index in [0.29, 0.717) is 29.0 Å². The largest absolute Gasteiger partial charge is 0.325 e. The van der Waals surface area contributed by atoms with Gasteiger partial charge in [-0.2, -0.15) is 5.10 Å². The zero-order chi connectivity index (χ0) is 25.7. The highest BCUT2D eigenvalue weighted by Gasteiger charge is 2.49. The lowest BCUT2D eigenvalue weighted by Gasteiger charge is -2.24. The lowest BCUT2D eigenvalue weighted by atomic mass is 9.82. The van der Waals surface area contributed by atoms with Gasteiger partial charge < -0.3 is 14.9 Å². The van der Waals surface area contributed by atoms with Crippen LogP contribution in [0.2, 0.25) is 0 Å². The molecule has 9 nitrogen and oxygen atoms in total. The van der Waals surface area contributed by atoms with E-state index < -0.39 is 5.92 Å². The zero-order valence-corrected chi connectivity index (χ0v) is 21.3. The Bertz CT molecular complexity index is 1470. The molecule has 2 aliphatic rings. The fourth-order valence-corrected chi connectivity index (χ4v) is 5.53. The molecule has 37 heavy (non-hydrogen) atoms. The van der Waals surface area contributed by atoms with E-state index in [1.54, 1.807) is 13.2 Å². The average Bonchev–Trinajstić information content (AvgIpc) is 3.82. The van der Waals surface area contributed by atoms with Crippen LogP contribution in [-0.2, 0) is 11.8 Å². The maximum absolute atomic E-state index is 13.8. The van der Waals surface area contributed by atoms with Gasteiger partial charge in [-0.05, 0) is 81.0 Å². The Balaban J connectivity index is 1.29. The Morgan fingerprint density at radius 3 is 2.32 bits per heavy atom. The predicted octanol–water partition coefficient (Wildman–Crippen LogP) is 4.34. The van der Waals surface area contributed by atoms with Gasteiger partial charge in [-0.15, -0.1) is 10.2 Å². The Morgan fingerprint density at radius 2 is 1.73 bits per heavy atom. The van der Waals surface area contributed by atoms with Gasteiger partial charge in [0.15, 0.2) is 5.82 Å². The summed E-state index contributed by atoms with van der Waals surface area (Å²) in [6.07, 6.45) is 6.31. The Morgan fingerprint density at radius 1 is 1.03 bits per heavy atom. The fourth-order valence-electron chi connectivity index (χ4n) is 5.53. The minimum Gasteiger partial charge on any atom is -0.325 e. The number of aryl methyl sites for hydroxylation is 3. The molecule has 6 rings (SSSR count). The molecule has 1 unspecified atom stereocenters. The topological polar surface area (TPSA) is 121 Å². The third-order valence-corrected chi connectivity index (χ3v) is 7.75. The van der Waals surface area contributed by atoms with E-state index in [9.17, 15) is 9.59 Å². The number of anilines is 1. The van der Waals surface area contributed by atoms with Crippen LogP contribution in [0.3, 0.4) is 0 Å². The van der Waals surface area contributed by atoms with Gasteiger partial charge in [-0.3, -0.25) is 14.7 Å². The summed E-state index contributed by atoms with van der Waals surface area (Å²) in [4.78, 5) is 29.2. The van der Waals surface area contributed by atoms with Gasteiger partial charge >= 0.3 is 0 Å². The number of nitrogens with zero attached hydrogens (tertiary/aromatic N) is 4. The molecule has 2 fully saturated rings. The van der Waals surface area contributed by atoms with E-state index in [4.69, 9.17) is 0 Å². The fraction of sp³-hybridized carbons (Fsp3) is 0.393. The molecule has 9 heteroatoms. The highest BCUT2D eigenvalue weighted by Crippen LogP contribution is 2.54. The van der Waals surface area contributed by atoms with Gasteiger partial charge in [-0.1, -0.05) is 12.1 Å². The molecule has 0 spiro atoms. The molecule has 0 radical (unpaired) electrons. The van der Waals surface area contributed by atoms with E-state index in [1.807, 2.05) is 44.2 Å². The maximum atomic E-state index is 13.8. The van der Waals surface area contributed by atoms with Crippen LogP contribution in [0.1, 0.15) is 48.8 Å². The van der Waals surface area contributed by atoms with Crippen molar-refractivity contribution >= 4 is 11.6 Å². The van der Waals surface area contributed by atoms with E-state index >= 15 is 0 Å². The van der Waals surface area contributed by atoms with Gasteiger partial charge in [0.25, 0.3) is 5.56 Å². The van der Waals surface area contributed by atoms with Crippen molar-refractivity contribution in [2.75, 3.05) is 5.32 Å². The second kappa shape index (κ2) is 9.14. The number of H-pyrrole nitrogens is 2. The molecule has 2 aliphatic carbocycles. The molecule has 1 amide bonds. The van der Waals surface area contributed by atoms with Crippen LogP contribution in [0.15, 0.2) is 47.4 Å². The summed E-state index contributed by atoms with van der Waals surface area (Å²) in [5, 5.41) is 19.2. The number of amides is 1. The quantitative estimate of drug-likeness (QED) is 0.334. The minimum atomic E-state index is -0.425. The summed E-state index contributed by atoms with van der Waals surface area (Å²) < 4.78 is 1.51. The number of rotatable bonds is 8.